The van der Waals surface area contributed by atoms with E-state index < -0.39 is 0 Å². The minimum Gasteiger partial charge on any atom is -0.497 e. The highest BCUT2D eigenvalue weighted by Crippen LogP contribution is 2.14. The first-order chi connectivity index (χ1) is 8.46. The van der Waals surface area contributed by atoms with E-state index >= 15 is 0 Å². The lowest BCUT2D eigenvalue weighted by molar-refractivity contribution is -0.115. The van der Waals surface area contributed by atoms with Crippen molar-refractivity contribution in [3.8, 4) is 5.75 Å². The van der Waals surface area contributed by atoms with Crippen LogP contribution in [0.3, 0.4) is 0 Å². The number of ether oxygens (including phenoxy) is 1. The summed E-state index contributed by atoms with van der Waals surface area (Å²) >= 11 is 0. The number of carbonyl (C=O) groups excluding carboxylic acids is 1. The molecular weight excluding hydrogens is 228 g/mol. The maximum atomic E-state index is 11.7. The SMILES string of the molecule is CCC(C)(C)NCC(=O)Nc1ccc(OC)cc1. The van der Waals surface area contributed by atoms with E-state index in [-0.39, 0.29) is 11.4 Å². The molecule has 0 aliphatic rings. The van der Waals surface area contributed by atoms with Gasteiger partial charge in [-0.25, -0.2) is 0 Å². The van der Waals surface area contributed by atoms with Crippen molar-refractivity contribution in [3.05, 3.63) is 24.3 Å². The third kappa shape index (κ3) is 4.75. The smallest absolute Gasteiger partial charge is 0.238 e. The molecule has 4 nitrogen and oxygen atoms in total. The van der Waals surface area contributed by atoms with Crippen LogP contribution in [0, 0.1) is 0 Å². The van der Waals surface area contributed by atoms with Gasteiger partial charge in [0.15, 0.2) is 0 Å². The zero-order chi connectivity index (χ0) is 13.6. The summed E-state index contributed by atoms with van der Waals surface area (Å²) in [6.45, 7) is 6.56. The van der Waals surface area contributed by atoms with Gasteiger partial charge in [0.1, 0.15) is 5.75 Å². The number of carbonyl (C=O) groups is 1. The van der Waals surface area contributed by atoms with E-state index in [1.165, 1.54) is 0 Å². The molecule has 100 valence electrons. The van der Waals surface area contributed by atoms with Crippen molar-refractivity contribution < 1.29 is 9.53 Å². The summed E-state index contributed by atoms with van der Waals surface area (Å²) in [6.07, 6.45) is 0.975. The van der Waals surface area contributed by atoms with Crippen LogP contribution in [0.25, 0.3) is 0 Å². The molecule has 0 unspecified atom stereocenters. The molecule has 18 heavy (non-hydrogen) atoms. The Morgan fingerprint density at radius 1 is 1.28 bits per heavy atom. The summed E-state index contributed by atoms with van der Waals surface area (Å²) in [7, 11) is 1.62. The second-order valence-corrected chi connectivity index (χ2v) is 4.87. The molecule has 0 radical (unpaired) electrons. The van der Waals surface area contributed by atoms with Crippen LogP contribution in [-0.2, 0) is 4.79 Å². The van der Waals surface area contributed by atoms with Gasteiger partial charge in [-0.3, -0.25) is 4.79 Å². The summed E-state index contributed by atoms with van der Waals surface area (Å²) in [5.74, 6) is 0.736. The summed E-state index contributed by atoms with van der Waals surface area (Å²) in [5.41, 5.74) is 0.758. The molecule has 0 spiro atoms. The molecule has 0 fully saturated rings. The van der Waals surface area contributed by atoms with Crippen LogP contribution in [0.4, 0.5) is 5.69 Å². The van der Waals surface area contributed by atoms with Crippen molar-refractivity contribution in [2.24, 2.45) is 0 Å². The quantitative estimate of drug-likeness (QED) is 0.815. The lowest BCUT2D eigenvalue weighted by Gasteiger charge is -2.24. The van der Waals surface area contributed by atoms with Gasteiger partial charge < -0.3 is 15.4 Å². The zero-order valence-corrected chi connectivity index (χ0v) is 11.5. The highest BCUT2D eigenvalue weighted by Gasteiger charge is 2.15. The average Bonchev–Trinajstić information content (AvgIpc) is 2.37. The van der Waals surface area contributed by atoms with Crippen LogP contribution in [0.15, 0.2) is 24.3 Å². The average molecular weight is 250 g/mol. The molecule has 0 aromatic heterocycles. The van der Waals surface area contributed by atoms with E-state index in [1.54, 1.807) is 7.11 Å². The molecule has 0 aliphatic heterocycles. The van der Waals surface area contributed by atoms with E-state index in [0.29, 0.717) is 6.54 Å². The highest BCUT2D eigenvalue weighted by atomic mass is 16.5. The van der Waals surface area contributed by atoms with E-state index in [9.17, 15) is 4.79 Å². The predicted molar refractivity (Wildman–Crippen MR) is 74.0 cm³/mol. The molecule has 0 atom stereocenters. The number of hydrogen-bond donors (Lipinski definition) is 2. The number of methoxy groups -OCH3 is 1. The second kappa shape index (κ2) is 6.40. The number of amides is 1. The maximum absolute atomic E-state index is 11.7. The molecular formula is C14H22N2O2. The summed E-state index contributed by atoms with van der Waals surface area (Å²) in [5, 5.41) is 6.05. The largest absolute Gasteiger partial charge is 0.497 e. The van der Waals surface area contributed by atoms with E-state index in [1.807, 2.05) is 24.3 Å². The van der Waals surface area contributed by atoms with Crippen molar-refractivity contribution in [1.29, 1.82) is 0 Å². The minimum atomic E-state index is -0.0401. The van der Waals surface area contributed by atoms with Crippen molar-refractivity contribution in [1.82, 2.24) is 5.32 Å². The van der Waals surface area contributed by atoms with E-state index in [4.69, 9.17) is 4.74 Å². The van der Waals surface area contributed by atoms with Gasteiger partial charge in [-0.2, -0.15) is 0 Å². The predicted octanol–water partition coefficient (Wildman–Crippen LogP) is 2.41. The van der Waals surface area contributed by atoms with Gasteiger partial charge in [0.05, 0.1) is 13.7 Å². The molecule has 2 N–H and O–H groups in total. The van der Waals surface area contributed by atoms with Crippen LogP contribution >= 0.6 is 0 Å². The fraction of sp³-hybridized carbons (Fsp3) is 0.500. The van der Waals surface area contributed by atoms with Gasteiger partial charge in [0.25, 0.3) is 0 Å². The first-order valence-corrected chi connectivity index (χ1v) is 6.16. The van der Waals surface area contributed by atoms with Gasteiger partial charge in [0, 0.05) is 11.2 Å². The van der Waals surface area contributed by atoms with E-state index in [2.05, 4.69) is 31.4 Å². The number of nitrogens with one attached hydrogen (secondary N) is 2. The summed E-state index contributed by atoms with van der Waals surface area (Å²) in [6, 6.07) is 7.28. The van der Waals surface area contributed by atoms with Gasteiger partial charge in [-0.15, -0.1) is 0 Å². The summed E-state index contributed by atoms with van der Waals surface area (Å²) < 4.78 is 5.06. The van der Waals surface area contributed by atoms with Crippen molar-refractivity contribution >= 4 is 11.6 Å². The van der Waals surface area contributed by atoms with Crippen molar-refractivity contribution in [2.45, 2.75) is 32.7 Å². The third-order valence-corrected chi connectivity index (χ3v) is 2.99. The number of benzene rings is 1. The normalized spacial score (nSPS) is 11.1. The summed E-state index contributed by atoms with van der Waals surface area (Å²) in [4.78, 5) is 11.7. The molecule has 0 saturated heterocycles. The molecule has 1 aromatic carbocycles. The molecule has 1 rings (SSSR count). The van der Waals surface area contributed by atoms with Crippen LogP contribution in [0.1, 0.15) is 27.2 Å². The lowest BCUT2D eigenvalue weighted by Crippen LogP contribution is -2.43. The Balaban J connectivity index is 2.44. The van der Waals surface area contributed by atoms with Crippen molar-refractivity contribution in [3.63, 3.8) is 0 Å². The zero-order valence-electron chi connectivity index (χ0n) is 11.5. The van der Waals surface area contributed by atoms with Crippen LogP contribution < -0.4 is 15.4 Å². The topological polar surface area (TPSA) is 50.4 Å². The standard InChI is InChI=1S/C14H22N2O2/c1-5-14(2,3)15-10-13(17)16-11-6-8-12(18-4)9-7-11/h6-9,15H,5,10H2,1-4H3,(H,16,17). The van der Waals surface area contributed by atoms with Gasteiger partial charge >= 0.3 is 0 Å². The minimum absolute atomic E-state index is 0.0166. The van der Waals surface area contributed by atoms with E-state index in [0.717, 1.165) is 17.9 Å². The van der Waals surface area contributed by atoms with Crippen LogP contribution in [0.2, 0.25) is 0 Å². The highest BCUT2D eigenvalue weighted by molar-refractivity contribution is 5.92. The van der Waals surface area contributed by atoms with Gasteiger partial charge in [0.2, 0.25) is 5.91 Å². The fourth-order valence-electron chi connectivity index (χ4n) is 1.32. The number of hydrogen-bond acceptors (Lipinski definition) is 3. The third-order valence-electron chi connectivity index (χ3n) is 2.99. The fourth-order valence-corrected chi connectivity index (χ4v) is 1.32. The number of rotatable bonds is 6. The Morgan fingerprint density at radius 2 is 1.89 bits per heavy atom. The molecule has 0 heterocycles. The van der Waals surface area contributed by atoms with Crippen molar-refractivity contribution in [2.75, 3.05) is 19.0 Å². The van der Waals surface area contributed by atoms with Gasteiger partial charge in [-0.05, 0) is 44.5 Å². The van der Waals surface area contributed by atoms with Crippen LogP contribution in [0.5, 0.6) is 5.75 Å². The molecule has 1 aromatic rings. The molecule has 0 saturated carbocycles. The monoisotopic (exact) mass is 250 g/mol. The maximum Gasteiger partial charge on any atom is 0.238 e. The Labute approximate surface area is 109 Å². The van der Waals surface area contributed by atoms with Crippen LogP contribution in [-0.4, -0.2) is 25.1 Å². The number of anilines is 1. The first kappa shape index (κ1) is 14.5. The first-order valence-electron chi connectivity index (χ1n) is 6.16. The molecule has 0 aliphatic carbocycles. The second-order valence-electron chi connectivity index (χ2n) is 4.87. The Bertz CT molecular complexity index is 385. The Hall–Kier alpha value is -1.55. The van der Waals surface area contributed by atoms with Gasteiger partial charge in [-0.1, -0.05) is 6.92 Å². The Kier molecular flexibility index (Phi) is 5.16. The Morgan fingerprint density at radius 3 is 2.39 bits per heavy atom. The molecule has 0 bridgehead atoms. The molecule has 1 amide bonds. The molecule has 4 heteroatoms. The lowest BCUT2D eigenvalue weighted by atomic mass is 10.0.